The monoisotopic (exact) mass is 251 g/mol. The molecule has 0 radical (unpaired) electrons. The fourth-order valence-corrected chi connectivity index (χ4v) is 4.74. The molecule has 2 nitrogen and oxygen atoms in total. The third-order valence-electron chi connectivity index (χ3n) is 5.76. The molecule has 0 aromatic rings. The van der Waals surface area contributed by atoms with E-state index in [1.165, 1.54) is 38.6 Å². The van der Waals surface area contributed by atoms with Gasteiger partial charge < -0.3 is 10.1 Å². The lowest BCUT2D eigenvalue weighted by molar-refractivity contribution is -0.192. The van der Waals surface area contributed by atoms with Gasteiger partial charge in [-0.25, -0.2) is 0 Å². The Morgan fingerprint density at radius 2 is 2.06 bits per heavy atom. The summed E-state index contributed by atoms with van der Waals surface area (Å²) >= 11 is 0. The zero-order valence-electron chi connectivity index (χ0n) is 12.2. The second-order valence-electron chi connectivity index (χ2n) is 7.59. The molecule has 2 heteroatoms. The average molecular weight is 251 g/mol. The van der Waals surface area contributed by atoms with E-state index in [1.54, 1.807) is 0 Å². The molecule has 5 unspecified atom stereocenters. The van der Waals surface area contributed by atoms with Gasteiger partial charge in [-0.15, -0.1) is 0 Å². The van der Waals surface area contributed by atoms with E-state index >= 15 is 0 Å². The van der Waals surface area contributed by atoms with Crippen LogP contribution in [0.3, 0.4) is 0 Å². The summed E-state index contributed by atoms with van der Waals surface area (Å²) in [7, 11) is 0. The maximum absolute atomic E-state index is 5.97. The molecule has 104 valence electrons. The molecule has 0 amide bonds. The number of hydrogen-bond donors (Lipinski definition) is 1. The Morgan fingerprint density at radius 3 is 2.78 bits per heavy atom. The van der Waals surface area contributed by atoms with Crippen LogP contribution < -0.4 is 5.32 Å². The van der Waals surface area contributed by atoms with Gasteiger partial charge in [0.15, 0.2) is 0 Å². The van der Waals surface area contributed by atoms with E-state index in [0.717, 1.165) is 24.4 Å². The number of nitrogens with one attached hydrogen (secondary N) is 1. The van der Waals surface area contributed by atoms with Crippen molar-refractivity contribution in [3.8, 4) is 0 Å². The highest BCUT2D eigenvalue weighted by atomic mass is 16.5. The summed E-state index contributed by atoms with van der Waals surface area (Å²) in [5, 5.41) is 3.89. The van der Waals surface area contributed by atoms with Crippen LogP contribution in [-0.4, -0.2) is 25.3 Å². The minimum absolute atomic E-state index is 0.343. The highest BCUT2D eigenvalue weighted by Gasteiger charge is 2.57. The summed E-state index contributed by atoms with van der Waals surface area (Å²) < 4.78 is 5.97. The molecule has 3 rings (SSSR count). The molecule has 18 heavy (non-hydrogen) atoms. The van der Waals surface area contributed by atoms with Crippen molar-refractivity contribution in [1.82, 2.24) is 5.32 Å². The maximum Gasteiger partial charge on any atom is 0.0684 e. The van der Waals surface area contributed by atoms with E-state index in [0.29, 0.717) is 17.6 Å². The van der Waals surface area contributed by atoms with E-state index in [-0.39, 0.29) is 0 Å². The van der Waals surface area contributed by atoms with Gasteiger partial charge in [0.25, 0.3) is 0 Å². The van der Waals surface area contributed by atoms with Crippen LogP contribution in [0.2, 0.25) is 0 Å². The molecule has 0 bridgehead atoms. The molecule has 0 aromatic heterocycles. The normalized spacial score (nSPS) is 46.5. The maximum atomic E-state index is 5.97. The third-order valence-corrected chi connectivity index (χ3v) is 5.76. The number of hydrogen-bond acceptors (Lipinski definition) is 2. The Bertz CT molecular complexity index is 301. The van der Waals surface area contributed by atoms with Crippen molar-refractivity contribution in [2.75, 3.05) is 13.2 Å². The van der Waals surface area contributed by atoms with E-state index in [2.05, 4.69) is 26.1 Å². The minimum Gasteiger partial charge on any atom is -0.377 e. The second kappa shape index (κ2) is 4.79. The van der Waals surface area contributed by atoms with Gasteiger partial charge in [0, 0.05) is 24.0 Å². The van der Waals surface area contributed by atoms with Crippen molar-refractivity contribution in [1.29, 1.82) is 0 Å². The van der Waals surface area contributed by atoms with Crippen LogP contribution in [0.15, 0.2) is 0 Å². The molecule has 3 fully saturated rings. The summed E-state index contributed by atoms with van der Waals surface area (Å²) in [6.45, 7) is 9.39. The fraction of sp³-hybridized carbons (Fsp3) is 1.00. The van der Waals surface area contributed by atoms with E-state index in [9.17, 15) is 0 Å². The van der Waals surface area contributed by atoms with Crippen LogP contribution in [0.5, 0.6) is 0 Å². The highest BCUT2D eigenvalue weighted by Crippen LogP contribution is 2.51. The van der Waals surface area contributed by atoms with Crippen molar-refractivity contribution in [3.63, 3.8) is 0 Å². The quantitative estimate of drug-likeness (QED) is 0.831. The standard InChI is InChI=1S/C16H29NO/c1-11-6-7-12(9-11)10-17-14-13-5-4-8-18-15(13)16(14,2)3/h11-15,17H,4-10H2,1-3H3. The molecule has 1 heterocycles. The summed E-state index contributed by atoms with van der Waals surface area (Å²) in [6.07, 6.45) is 7.46. The van der Waals surface area contributed by atoms with E-state index in [4.69, 9.17) is 4.74 Å². The van der Waals surface area contributed by atoms with Crippen molar-refractivity contribution < 1.29 is 4.74 Å². The molecule has 0 aromatic carbocycles. The molecule has 2 saturated carbocycles. The predicted octanol–water partition coefficient (Wildman–Crippen LogP) is 3.22. The minimum atomic E-state index is 0.343. The first-order valence-electron chi connectivity index (χ1n) is 7.94. The van der Waals surface area contributed by atoms with E-state index in [1.807, 2.05) is 0 Å². The summed E-state index contributed by atoms with van der Waals surface area (Å²) in [6, 6.07) is 0.693. The van der Waals surface area contributed by atoms with Crippen LogP contribution >= 0.6 is 0 Å². The van der Waals surface area contributed by atoms with Gasteiger partial charge in [-0.05, 0) is 44.1 Å². The van der Waals surface area contributed by atoms with Crippen molar-refractivity contribution in [2.45, 2.75) is 65.0 Å². The molecular weight excluding hydrogens is 222 g/mol. The topological polar surface area (TPSA) is 21.3 Å². The van der Waals surface area contributed by atoms with Gasteiger partial charge >= 0.3 is 0 Å². The average Bonchev–Trinajstić information content (AvgIpc) is 2.75. The smallest absolute Gasteiger partial charge is 0.0684 e. The van der Waals surface area contributed by atoms with Crippen molar-refractivity contribution in [2.24, 2.45) is 23.2 Å². The lowest BCUT2D eigenvalue weighted by Crippen LogP contribution is -2.69. The molecule has 2 aliphatic carbocycles. The van der Waals surface area contributed by atoms with Crippen LogP contribution in [0.25, 0.3) is 0 Å². The third kappa shape index (κ3) is 2.12. The van der Waals surface area contributed by atoms with Gasteiger partial charge in [-0.1, -0.05) is 27.2 Å². The first kappa shape index (κ1) is 12.9. The number of rotatable bonds is 3. The number of fused-ring (bicyclic) bond motifs is 1. The van der Waals surface area contributed by atoms with Crippen LogP contribution in [0.4, 0.5) is 0 Å². The van der Waals surface area contributed by atoms with Gasteiger partial charge in [0.2, 0.25) is 0 Å². The SMILES string of the molecule is CC1CCC(CNC2C3CCCOC3C2(C)C)C1. The molecule has 1 N–H and O–H groups in total. The Kier molecular flexibility index (Phi) is 3.44. The van der Waals surface area contributed by atoms with Crippen LogP contribution in [-0.2, 0) is 4.74 Å². The Balaban J connectivity index is 1.53. The first-order valence-corrected chi connectivity index (χ1v) is 7.94. The molecule has 0 spiro atoms. The van der Waals surface area contributed by atoms with Crippen LogP contribution in [0.1, 0.15) is 52.9 Å². The fourth-order valence-electron chi connectivity index (χ4n) is 4.74. The first-order chi connectivity index (χ1) is 8.59. The highest BCUT2D eigenvalue weighted by molar-refractivity contribution is 5.10. The van der Waals surface area contributed by atoms with E-state index < -0.39 is 0 Å². The molecule has 1 saturated heterocycles. The van der Waals surface area contributed by atoms with Gasteiger partial charge in [0.1, 0.15) is 0 Å². The molecule has 3 aliphatic rings. The van der Waals surface area contributed by atoms with Gasteiger partial charge in [-0.2, -0.15) is 0 Å². The van der Waals surface area contributed by atoms with Crippen molar-refractivity contribution >= 4 is 0 Å². The molecular formula is C16H29NO. The number of ether oxygens (including phenoxy) is 1. The molecule has 1 aliphatic heterocycles. The predicted molar refractivity (Wildman–Crippen MR) is 74.5 cm³/mol. The zero-order chi connectivity index (χ0) is 12.8. The van der Waals surface area contributed by atoms with Gasteiger partial charge in [-0.3, -0.25) is 0 Å². The zero-order valence-corrected chi connectivity index (χ0v) is 12.2. The second-order valence-corrected chi connectivity index (χ2v) is 7.59. The lowest BCUT2D eigenvalue weighted by Gasteiger charge is -2.60. The van der Waals surface area contributed by atoms with Crippen LogP contribution in [0, 0.1) is 23.2 Å². The van der Waals surface area contributed by atoms with Crippen molar-refractivity contribution in [3.05, 3.63) is 0 Å². The summed E-state index contributed by atoms with van der Waals surface area (Å²) in [5.74, 6) is 2.67. The Morgan fingerprint density at radius 1 is 1.22 bits per heavy atom. The lowest BCUT2D eigenvalue weighted by atomic mass is 9.55. The summed E-state index contributed by atoms with van der Waals surface area (Å²) in [5.41, 5.74) is 0.343. The molecule has 5 atom stereocenters. The van der Waals surface area contributed by atoms with Gasteiger partial charge in [0.05, 0.1) is 6.10 Å². The Labute approximate surface area is 112 Å². The summed E-state index contributed by atoms with van der Waals surface area (Å²) in [4.78, 5) is 0. The largest absolute Gasteiger partial charge is 0.377 e. The Hall–Kier alpha value is -0.0800.